The van der Waals surface area contributed by atoms with Gasteiger partial charge in [-0.15, -0.1) is 4.28 Å². The number of nitrogens with one attached hydrogen (secondary N) is 2. The van der Waals surface area contributed by atoms with E-state index in [1.807, 2.05) is 0 Å². The fourth-order valence-corrected chi connectivity index (χ4v) is 3.94. The van der Waals surface area contributed by atoms with Gasteiger partial charge in [0.15, 0.2) is 0 Å². The highest BCUT2D eigenvalue weighted by Gasteiger charge is 2.50. The van der Waals surface area contributed by atoms with E-state index in [9.17, 15) is 31.2 Å². The normalized spacial score (nSPS) is 25.4. The lowest BCUT2D eigenvalue weighted by Crippen LogP contribution is -2.57. The molecule has 0 radical (unpaired) electrons. The summed E-state index contributed by atoms with van der Waals surface area (Å²) in [4.78, 5) is 40.6. The van der Waals surface area contributed by atoms with E-state index in [0.29, 0.717) is 31.0 Å². The minimum absolute atomic E-state index is 0.0256. The van der Waals surface area contributed by atoms with Gasteiger partial charge >= 0.3 is 28.6 Å². The summed E-state index contributed by atoms with van der Waals surface area (Å²) in [6, 6.07) is -2.05. The monoisotopic (exact) mass is 507 g/mol. The van der Waals surface area contributed by atoms with Gasteiger partial charge in [0.25, 0.3) is 5.91 Å². The molecule has 14 nitrogen and oxygen atoms in total. The van der Waals surface area contributed by atoms with Gasteiger partial charge in [-0.3, -0.25) is 14.2 Å². The van der Waals surface area contributed by atoms with Crippen LogP contribution in [0, 0.1) is 0 Å². The van der Waals surface area contributed by atoms with Crippen LogP contribution in [0.15, 0.2) is 0 Å². The van der Waals surface area contributed by atoms with Crippen LogP contribution in [0.3, 0.4) is 0 Å². The summed E-state index contributed by atoms with van der Waals surface area (Å²) in [5.41, 5.74) is 0. The molecular weight excluding hydrogens is 483 g/mol. The molecule has 0 saturated carbocycles. The molecule has 0 aromatic carbocycles. The number of hydrogen-bond acceptors (Lipinski definition) is 9. The van der Waals surface area contributed by atoms with Gasteiger partial charge in [0.2, 0.25) is 0 Å². The molecule has 3 aliphatic rings. The number of aliphatic carboxylic acids is 1. The molecule has 3 amide bonds. The largest absolute Gasteiger partial charge is 0.490 e. The molecule has 0 aromatic heterocycles. The number of halogens is 3. The fourth-order valence-electron chi connectivity index (χ4n) is 3.55. The number of urea groups is 1. The van der Waals surface area contributed by atoms with Crippen LogP contribution in [0.2, 0.25) is 0 Å². The molecule has 0 spiro atoms. The number of amides is 3. The Morgan fingerprint density at radius 2 is 1.91 bits per heavy atom. The molecule has 2 bridgehead atoms. The van der Waals surface area contributed by atoms with Gasteiger partial charge in [-0.1, -0.05) is 0 Å². The lowest BCUT2D eigenvalue weighted by atomic mass is 10.00. The highest BCUT2D eigenvalue weighted by Crippen LogP contribution is 2.31. The van der Waals surface area contributed by atoms with Crippen molar-refractivity contribution >= 4 is 28.3 Å². The van der Waals surface area contributed by atoms with Gasteiger partial charge in [-0.25, -0.2) is 14.7 Å². The Bertz CT molecular complexity index is 837. The van der Waals surface area contributed by atoms with E-state index in [2.05, 4.69) is 14.9 Å². The molecule has 3 fully saturated rings. The Morgan fingerprint density at radius 1 is 1.27 bits per heavy atom. The predicted molar refractivity (Wildman–Crippen MR) is 100 cm³/mol. The minimum atomic E-state index is -5.08. The lowest BCUT2D eigenvalue weighted by molar-refractivity contribution is -0.192. The number of carboxylic acids is 1. The van der Waals surface area contributed by atoms with Gasteiger partial charge in [-0.05, 0) is 12.8 Å². The number of hydrogen-bond donors (Lipinski definition) is 4. The Labute approximate surface area is 186 Å². The number of alkyl halides is 3. The Hall–Kier alpha value is -2.25. The number of piperidine rings is 1. The third-order valence-electron chi connectivity index (χ3n) is 5.00. The van der Waals surface area contributed by atoms with Gasteiger partial charge in [-0.2, -0.15) is 26.7 Å². The number of fused-ring (bicyclic) bond motifs is 2. The zero-order valence-electron chi connectivity index (χ0n) is 17.3. The van der Waals surface area contributed by atoms with E-state index >= 15 is 0 Å². The van der Waals surface area contributed by atoms with Gasteiger partial charge < -0.3 is 20.6 Å². The topological polar surface area (TPSA) is 178 Å². The highest BCUT2D eigenvalue weighted by molar-refractivity contribution is 7.80. The average Bonchev–Trinajstić information content (AvgIpc) is 2.95. The Balaban J connectivity index is 0.000000479. The first-order valence-electron chi connectivity index (χ1n) is 9.61. The van der Waals surface area contributed by atoms with Gasteiger partial charge in [0.1, 0.15) is 6.04 Å². The third-order valence-corrected chi connectivity index (χ3v) is 5.35. The molecule has 18 heteroatoms. The molecule has 0 aromatic rings. The van der Waals surface area contributed by atoms with Gasteiger partial charge in [0.05, 0.1) is 19.7 Å². The van der Waals surface area contributed by atoms with Crippen molar-refractivity contribution in [2.24, 2.45) is 0 Å². The highest BCUT2D eigenvalue weighted by atomic mass is 32.3. The van der Waals surface area contributed by atoms with Crippen molar-refractivity contribution in [3.05, 3.63) is 0 Å². The molecule has 0 aliphatic carbocycles. The second kappa shape index (κ2) is 10.8. The molecule has 190 valence electrons. The van der Waals surface area contributed by atoms with E-state index < -0.39 is 40.7 Å². The number of rotatable bonds is 6. The van der Waals surface area contributed by atoms with Crippen LogP contribution >= 0.6 is 0 Å². The van der Waals surface area contributed by atoms with Crippen molar-refractivity contribution in [1.29, 1.82) is 0 Å². The van der Waals surface area contributed by atoms with Crippen molar-refractivity contribution in [3.8, 4) is 0 Å². The van der Waals surface area contributed by atoms with Crippen LogP contribution < -0.4 is 10.6 Å². The number of nitrogens with zero attached hydrogens (tertiary/aromatic N) is 3. The first-order valence-corrected chi connectivity index (χ1v) is 11.0. The van der Waals surface area contributed by atoms with Crippen LogP contribution in [0.25, 0.3) is 0 Å². The van der Waals surface area contributed by atoms with Crippen LogP contribution in [0.5, 0.6) is 0 Å². The smallest absolute Gasteiger partial charge is 0.475 e. The van der Waals surface area contributed by atoms with E-state index in [0.717, 1.165) is 13.1 Å². The van der Waals surface area contributed by atoms with Crippen molar-refractivity contribution in [2.75, 3.05) is 39.8 Å². The van der Waals surface area contributed by atoms with E-state index in [-0.39, 0.29) is 18.5 Å². The summed E-state index contributed by atoms with van der Waals surface area (Å²) < 4.78 is 66.8. The second-order valence-corrected chi connectivity index (χ2v) is 8.25. The van der Waals surface area contributed by atoms with Crippen LogP contribution in [0.1, 0.15) is 12.8 Å². The van der Waals surface area contributed by atoms with Crippen molar-refractivity contribution < 1.29 is 54.8 Å². The first kappa shape index (κ1) is 27.0. The number of carbonyl (C=O) groups is 3. The zero-order valence-corrected chi connectivity index (χ0v) is 18.1. The number of carboxylic acid groups (broad SMARTS) is 1. The first-order chi connectivity index (χ1) is 15.2. The summed E-state index contributed by atoms with van der Waals surface area (Å²) in [5.74, 6) is -3.13. The molecular formula is C15H24F3N5O9S. The zero-order chi connectivity index (χ0) is 25.0. The second-order valence-electron chi connectivity index (χ2n) is 7.25. The van der Waals surface area contributed by atoms with E-state index in [1.54, 1.807) is 0 Å². The quantitative estimate of drug-likeness (QED) is 0.245. The number of piperazine rings is 1. The lowest BCUT2D eigenvalue weighted by Gasteiger charge is -2.35. The Morgan fingerprint density at radius 3 is 2.39 bits per heavy atom. The third kappa shape index (κ3) is 7.37. The number of hydroxylamine groups is 4. The molecule has 4 N–H and O–H groups in total. The summed E-state index contributed by atoms with van der Waals surface area (Å²) in [5, 5.41) is 15.5. The van der Waals surface area contributed by atoms with Crippen LogP contribution in [-0.2, 0) is 29.1 Å². The van der Waals surface area contributed by atoms with Crippen LogP contribution in [0.4, 0.5) is 18.0 Å². The Kier molecular flexibility index (Phi) is 8.82. The average molecular weight is 507 g/mol. The van der Waals surface area contributed by atoms with Crippen molar-refractivity contribution in [2.45, 2.75) is 37.1 Å². The summed E-state index contributed by atoms with van der Waals surface area (Å²) in [7, 11) is -3.43. The molecule has 3 aliphatic heterocycles. The molecule has 3 heterocycles. The fraction of sp³-hybridized carbons (Fsp3) is 0.800. The molecule has 3 saturated heterocycles. The predicted octanol–water partition coefficient (Wildman–Crippen LogP) is -1.43. The molecule has 1 unspecified atom stereocenters. The van der Waals surface area contributed by atoms with E-state index in [1.165, 1.54) is 17.1 Å². The maximum Gasteiger partial charge on any atom is 0.490 e. The molecule has 33 heavy (non-hydrogen) atoms. The maximum absolute atomic E-state index is 12.9. The summed E-state index contributed by atoms with van der Waals surface area (Å²) in [6.07, 6.45) is -4.37. The standard InChI is InChI=1S/C13H23N5O7S.C2HF3O2/c1-24-17(7-9-6-14-4-5-15-9)12(19)11-3-2-10-8-16(11)13(20)18(10)25-26(21,22)23;3-2(4,5)1(6)7/h9-11,14-15H,2-8H2,1H3,(H,21,22,23);(H,6,7)/t9?,10-,11+;/m1./s1. The van der Waals surface area contributed by atoms with Crippen molar-refractivity contribution in [1.82, 2.24) is 25.7 Å². The van der Waals surface area contributed by atoms with Crippen molar-refractivity contribution in [3.63, 3.8) is 0 Å². The van der Waals surface area contributed by atoms with Gasteiger partial charge in [0, 0.05) is 32.2 Å². The number of carbonyl (C=O) groups excluding carboxylic acids is 2. The maximum atomic E-state index is 12.9. The SMILES string of the molecule is CON(CC1CNCCN1)C(=O)[C@@H]1CC[C@@H]2CN1C(=O)N2OS(=O)(=O)O.O=C(O)C(F)(F)F. The van der Waals surface area contributed by atoms with E-state index in [4.69, 9.17) is 19.3 Å². The summed E-state index contributed by atoms with van der Waals surface area (Å²) in [6.45, 7) is 2.79. The minimum Gasteiger partial charge on any atom is -0.475 e. The molecule has 3 rings (SSSR count). The molecule has 3 atom stereocenters. The summed E-state index contributed by atoms with van der Waals surface area (Å²) >= 11 is 0. The van der Waals surface area contributed by atoms with Crippen LogP contribution in [-0.4, -0.2) is 115 Å².